The lowest BCUT2D eigenvalue weighted by atomic mass is 10.3. The Hall–Kier alpha value is -1.32. The molecule has 0 aliphatic rings. The fourth-order valence-corrected chi connectivity index (χ4v) is 2.46. The normalized spacial score (nSPS) is 10.3. The van der Waals surface area contributed by atoms with Crippen LogP contribution in [0.3, 0.4) is 0 Å². The Labute approximate surface area is 116 Å². The SMILES string of the molecule is Nc1ccc(OCCSc2ccccc2)c(Cl)c1. The van der Waals surface area contributed by atoms with Gasteiger partial charge < -0.3 is 10.5 Å². The van der Waals surface area contributed by atoms with Gasteiger partial charge in [0, 0.05) is 16.3 Å². The van der Waals surface area contributed by atoms with Crippen LogP contribution in [-0.2, 0) is 0 Å². The third kappa shape index (κ3) is 3.86. The van der Waals surface area contributed by atoms with Crippen LogP contribution >= 0.6 is 23.4 Å². The van der Waals surface area contributed by atoms with E-state index in [1.165, 1.54) is 4.90 Å². The largest absolute Gasteiger partial charge is 0.491 e. The Balaban J connectivity index is 1.79. The number of ether oxygens (including phenoxy) is 1. The molecule has 0 aliphatic heterocycles. The molecule has 2 nitrogen and oxygen atoms in total. The molecule has 0 amide bonds. The van der Waals surface area contributed by atoms with Crippen molar-refractivity contribution in [1.82, 2.24) is 0 Å². The van der Waals surface area contributed by atoms with Crippen LogP contribution in [0.2, 0.25) is 5.02 Å². The van der Waals surface area contributed by atoms with Crippen molar-refractivity contribution in [3.8, 4) is 5.75 Å². The molecule has 0 saturated carbocycles. The van der Waals surface area contributed by atoms with E-state index in [0.29, 0.717) is 23.1 Å². The molecule has 0 saturated heterocycles. The van der Waals surface area contributed by atoms with Crippen LogP contribution in [0.4, 0.5) is 5.69 Å². The number of hydrogen-bond acceptors (Lipinski definition) is 3. The second kappa shape index (κ2) is 6.57. The van der Waals surface area contributed by atoms with Gasteiger partial charge in [0.05, 0.1) is 11.6 Å². The Morgan fingerprint density at radius 1 is 1.11 bits per heavy atom. The van der Waals surface area contributed by atoms with Gasteiger partial charge in [-0.1, -0.05) is 29.8 Å². The number of rotatable bonds is 5. The highest BCUT2D eigenvalue weighted by Gasteiger charge is 2.01. The number of nitrogen functional groups attached to an aromatic ring is 1. The van der Waals surface area contributed by atoms with Gasteiger partial charge in [-0.15, -0.1) is 11.8 Å². The van der Waals surface area contributed by atoms with E-state index in [0.717, 1.165) is 5.75 Å². The van der Waals surface area contributed by atoms with Gasteiger partial charge in [-0.2, -0.15) is 0 Å². The summed E-state index contributed by atoms with van der Waals surface area (Å²) >= 11 is 7.77. The molecule has 2 rings (SSSR count). The fraction of sp³-hybridized carbons (Fsp3) is 0.143. The summed E-state index contributed by atoms with van der Waals surface area (Å²) in [6, 6.07) is 15.5. The summed E-state index contributed by atoms with van der Waals surface area (Å²) in [5.41, 5.74) is 6.26. The fourth-order valence-electron chi connectivity index (χ4n) is 1.46. The van der Waals surface area contributed by atoms with E-state index < -0.39 is 0 Å². The Morgan fingerprint density at radius 3 is 2.61 bits per heavy atom. The molecular weight excluding hydrogens is 266 g/mol. The van der Waals surface area contributed by atoms with E-state index in [2.05, 4.69) is 12.1 Å². The third-order valence-electron chi connectivity index (χ3n) is 2.31. The van der Waals surface area contributed by atoms with Crippen molar-refractivity contribution in [2.24, 2.45) is 0 Å². The molecule has 2 aromatic rings. The van der Waals surface area contributed by atoms with E-state index in [1.807, 2.05) is 18.2 Å². The Bertz CT molecular complexity index is 504. The topological polar surface area (TPSA) is 35.2 Å². The van der Waals surface area contributed by atoms with Crippen LogP contribution in [0.25, 0.3) is 0 Å². The highest BCUT2D eigenvalue weighted by atomic mass is 35.5. The van der Waals surface area contributed by atoms with Crippen molar-refractivity contribution in [2.75, 3.05) is 18.1 Å². The zero-order chi connectivity index (χ0) is 12.8. The van der Waals surface area contributed by atoms with Gasteiger partial charge in [0.25, 0.3) is 0 Å². The average molecular weight is 280 g/mol. The maximum atomic E-state index is 6.01. The third-order valence-corrected chi connectivity index (χ3v) is 3.58. The van der Waals surface area contributed by atoms with Crippen molar-refractivity contribution in [1.29, 1.82) is 0 Å². The maximum absolute atomic E-state index is 6.01. The van der Waals surface area contributed by atoms with Gasteiger partial charge in [-0.25, -0.2) is 0 Å². The minimum absolute atomic E-state index is 0.555. The molecule has 0 atom stereocenters. The summed E-state index contributed by atoms with van der Waals surface area (Å²) in [7, 11) is 0. The van der Waals surface area contributed by atoms with E-state index in [1.54, 1.807) is 30.0 Å². The molecule has 2 N–H and O–H groups in total. The lowest BCUT2D eigenvalue weighted by Gasteiger charge is -2.08. The second-order valence-electron chi connectivity index (χ2n) is 3.70. The van der Waals surface area contributed by atoms with Crippen LogP contribution in [0, 0.1) is 0 Å². The summed E-state index contributed by atoms with van der Waals surface area (Å²) in [6.07, 6.45) is 0. The molecule has 0 fully saturated rings. The molecule has 0 aliphatic carbocycles. The van der Waals surface area contributed by atoms with E-state index in [9.17, 15) is 0 Å². The zero-order valence-electron chi connectivity index (χ0n) is 9.80. The molecule has 94 valence electrons. The second-order valence-corrected chi connectivity index (χ2v) is 5.28. The predicted octanol–water partition coefficient (Wildman–Crippen LogP) is 4.09. The van der Waals surface area contributed by atoms with Gasteiger partial charge >= 0.3 is 0 Å². The molecule has 0 bridgehead atoms. The number of benzene rings is 2. The Kier molecular flexibility index (Phi) is 4.79. The number of thioether (sulfide) groups is 1. The molecule has 0 heterocycles. The first-order valence-electron chi connectivity index (χ1n) is 5.61. The van der Waals surface area contributed by atoms with Gasteiger partial charge in [0.2, 0.25) is 0 Å². The summed E-state index contributed by atoms with van der Waals surface area (Å²) in [5, 5.41) is 0.555. The maximum Gasteiger partial charge on any atom is 0.138 e. The van der Waals surface area contributed by atoms with E-state index >= 15 is 0 Å². The quantitative estimate of drug-likeness (QED) is 0.509. The molecule has 0 unspecified atom stereocenters. The number of nitrogens with two attached hydrogens (primary N) is 1. The standard InChI is InChI=1S/C14H14ClNOS/c15-13-10-11(16)6-7-14(13)17-8-9-18-12-4-2-1-3-5-12/h1-7,10H,8-9,16H2. The number of hydrogen-bond donors (Lipinski definition) is 1. The first-order valence-corrected chi connectivity index (χ1v) is 6.98. The average Bonchev–Trinajstić information content (AvgIpc) is 2.38. The van der Waals surface area contributed by atoms with Crippen LogP contribution in [0.5, 0.6) is 5.75 Å². The van der Waals surface area contributed by atoms with Crippen LogP contribution in [0.15, 0.2) is 53.4 Å². The smallest absolute Gasteiger partial charge is 0.138 e. The lowest BCUT2D eigenvalue weighted by Crippen LogP contribution is -2.00. The van der Waals surface area contributed by atoms with Crippen LogP contribution < -0.4 is 10.5 Å². The van der Waals surface area contributed by atoms with Gasteiger partial charge in [-0.3, -0.25) is 0 Å². The predicted molar refractivity (Wildman–Crippen MR) is 78.5 cm³/mol. The highest BCUT2D eigenvalue weighted by Crippen LogP contribution is 2.26. The Morgan fingerprint density at radius 2 is 1.89 bits per heavy atom. The molecule has 0 spiro atoms. The molecule has 4 heteroatoms. The monoisotopic (exact) mass is 279 g/mol. The summed E-state index contributed by atoms with van der Waals surface area (Å²) < 4.78 is 5.61. The van der Waals surface area contributed by atoms with Crippen LogP contribution in [0.1, 0.15) is 0 Å². The molecule has 0 aromatic heterocycles. The van der Waals surface area contributed by atoms with Crippen molar-refractivity contribution >= 4 is 29.1 Å². The van der Waals surface area contributed by atoms with Crippen molar-refractivity contribution in [3.05, 3.63) is 53.6 Å². The highest BCUT2D eigenvalue weighted by molar-refractivity contribution is 7.99. The zero-order valence-corrected chi connectivity index (χ0v) is 11.4. The van der Waals surface area contributed by atoms with E-state index in [-0.39, 0.29) is 0 Å². The minimum atomic E-state index is 0.555. The van der Waals surface area contributed by atoms with Gasteiger partial charge in [0.1, 0.15) is 5.75 Å². The minimum Gasteiger partial charge on any atom is -0.491 e. The van der Waals surface area contributed by atoms with Crippen molar-refractivity contribution in [3.63, 3.8) is 0 Å². The summed E-state index contributed by atoms with van der Waals surface area (Å²) in [5.74, 6) is 1.56. The van der Waals surface area contributed by atoms with Crippen molar-refractivity contribution in [2.45, 2.75) is 4.90 Å². The van der Waals surface area contributed by atoms with Crippen LogP contribution in [-0.4, -0.2) is 12.4 Å². The summed E-state index contributed by atoms with van der Waals surface area (Å²) in [6.45, 7) is 0.614. The first-order chi connectivity index (χ1) is 8.75. The molecular formula is C14H14ClNOS. The number of anilines is 1. The summed E-state index contributed by atoms with van der Waals surface area (Å²) in [4.78, 5) is 1.24. The van der Waals surface area contributed by atoms with Gasteiger partial charge in [0.15, 0.2) is 0 Å². The van der Waals surface area contributed by atoms with Gasteiger partial charge in [-0.05, 0) is 30.3 Å². The van der Waals surface area contributed by atoms with E-state index in [4.69, 9.17) is 22.1 Å². The molecule has 2 aromatic carbocycles. The molecule has 18 heavy (non-hydrogen) atoms. The first kappa shape index (κ1) is 13.1. The van der Waals surface area contributed by atoms with Crippen molar-refractivity contribution < 1.29 is 4.74 Å². The lowest BCUT2D eigenvalue weighted by molar-refractivity contribution is 0.344. The number of halogens is 1. The molecule has 0 radical (unpaired) electrons.